The summed E-state index contributed by atoms with van der Waals surface area (Å²) in [7, 11) is 0. The van der Waals surface area contributed by atoms with Crippen molar-refractivity contribution < 1.29 is 9.32 Å². The molecule has 0 N–H and O–H groups in total. The van der Waals surface area contributed by atoms with Crippen LogP contribution in [0.3, 0.4) is 0 Å². The number of isocyanates is 1. The van der Waals surface area contributed by atoms with Gasteiger partial charge >= 0.3 is 225 Å². The van der Waals surface area contributed by atoms with Gasteiger partial charge in [0.2, 0.25) is 0 Å². The topological polar surface area (TPSA) is 38.7 Å². The second-order valence-electron chi connectivity index (χ2n) is 9.76. The van der Waals surface area contributed by atoms with E-state index in [1.807, 2.05) is 72.8 Å². The third-order valence-corrected chi connectivity index (χ3v) is 13.9. The molecule has 37 heavy (non-hydrogen) atoms. The minimum atomic E-state index is -3.96. The molecular formula is C32H31ClNO2P. The van der Waals surface area contributed by atoms with Crippen LogP contribution in [0.4, 0.5) is 0 Å². The van der Waals surface area contributed by atoms with Gasteiger partial charge in [-0.25, -0.2) is 0 Å². The van der Waals surface area contributed by atoms with Gasteiger partial charge in [0.25, 0.3) is 0 Å². The molecule has 1 aliphatic rings. The summed E-state index contributed by atoms with van der Waals surface area (Å²) >= 11 is 6.28. The maximum absolute atomic E-state index is 12.5. The van der Waals surface area contributed by atoms with Crippen LogP contribution >= 0.6 is 18.6 Å². The average molecular weight is 528 g/mol. The second-order valence-corrected chi connectivity index (χ2v) is 14.5. The van der Waals surface area contributed by atoms with Crippen molar-refractivity contribution in [1.82, 2.24) is 0 Å². The van der Waals surface area contributed by atoms with Crippen molar-refractivity contribution >= 4 is 35.3 Å². The number of halogens is 1. The summed E-state index contributed by atoms with van der Waals surface area (Å²) in [4.78, 5) is 12.5. The number of benzene rings is 4. The van der Waals surface area contributed by atoms with Crippen molar-refractivity contribution in [2.75, 3.05) is 0 Å². The Bertz CT molecular complexity index is 1350. The predicted octanol–water partition coefficient (Wildman–Crippen LogP) is 7.95. The zero-order valence-corrected chi connectivity index (χ0v) is 22.6. The van der Waals surface area contributed by atoms with Crippen LogP contribution in [-0.2, 0) is 15.7 Å². The quantitative estimate of drug-likeness (QED) is 0.126. The molecule has 3 nitrogen and oxygen atoms in total. The summed E-state index contributed by atoms with van der Waals surface area (Å²) in [6.45, 7) is -1.76. The van der Waals surface area contributed by atoms with E-state index in [9.17, 15) is 4.79 Å². The van der Waals surface area contributed by atoms with E-state index in [4.69, 9.17) is 20.9 Å². The van der Waals surface area contributed by atoms with Crippen molar-refractivity contribution in [1.29, 1.82) is 0 Å². The van der Waals surface area contributed by atoms with Crippen molar-refractivity contribution in [3.05, 3.63) is 131 Å². The molecule has 0 aliphatic carbocycles. The molecule has 0 saturated carbocycles. The summed E-state index contributed by atoms with van der Waals surface area (Å²) in [5.74, 6) is 0. The molecule has 0 aromatic heterocycles. The Kier molecular flexibility index (Phi) is 7.17. The number of hydrogen-bond donors (Lipinski definition) is 0. The van der Waals surface area contributed by atoms with Crippen molar-refractivity contribution in [2.45, 2.75) is 43.9 Å². The third kappa shape index (κ3) is 3.90. The van der Waals surface area contributed by atoms with Gasteiger partial charge in [0, 0.05) is 0 Å². The van der Waals surface area contributed by atoms with E-state index in [0.717, 1.165) is 35.4 Å². The monoisotopic (exact) mass is 527 g/mol. The second kappa shape index (κ2) is 10.4. The van der Waals surface area contributed by atoms with Gasteiger partial charge in [-0.1, -0.05) is 0 Å². The summed E-state index contributed by atoms with van der Waals surface area (Å²) < 4.78 is 12.2. The maximum atomic E-state index is 12.5. The summed E-state index contributed by atoms with van der Waals surface area (Å²) in [6.07, 6.45) is 5.32. The Labute approximate surface area is 224 Å². The first-order valence-electron chi connectivity index (χ1n) is 12.8. The van der Waals surface area contributed by atoms with Crippen LogP contribution in [0.15, 0.2) is 120 Å². The Morgan fingerprint density at radius 2 is 1.38 bits per heavy atom. The zero-order chi connectivity index (χ0) is 25.8. The fraction of sp³-hybridized carbons (Fsp3) is 0.219. The van der Waals surface area contributed by atoms with Crippen LogP contribution in [0.25, 0.3) is 0 Å². The fourth-order valence-electron chi connectivity index (χ4n) is 6.19. The molecule has 0 amide bonds. The molecule has 0 bridgehead atoms. The molecule has 1 fully saturated rings. The number of unbranched alkanes of at least 4 members (excludes halogenated alkanes) is 1. The molecule has 1 saturated heterocycles. The molecule has 1 heterocycles. The first-order valence-corrected chi connectivity index (χ1v) is 15.3. The summed E-state index contributed by atoms with van der Waals surface area (Å²) in [5, 5.41) is 2.09. The third-order valence-electron chi connectivity index (χ3n) is 7.82. The average Bonchev–Trinajstić information content (AvgIpc) is 2.95. The molecule has 5 heteroatoms. The van der Waals surface area contributed by atoms with Gasteiger partial charge in [0.1, 0.15) is 0 Å². The molecule has 188 valence electrons. The van der Waals surface area contributed by atoms with Gasteiger partial charge in [-0.15, -0.1) is 0 Å². The SMILES string of the molecule is CCCCC1(Cc2ccccc2)C(c2ccc(Cl)cc2)OP1(N=C=O)(c1ccccc1)c1ccccc1. The Balaban J connectivity index is 1.89. The number of carbonyl (C=O) groups excluding carboxylic acids is 1. The van der Waals surface area contributed by atoms with Gasteiger partial charge in [-0.05, 0) is 0 Å². The van der Waals surface area contributed by atoms with Crippen molar-refractivity contribution in [3.8, 4) is 0 Å². The van der Waals surface area contributed by atoms with Gasteiger partial charge in [-0.2, -0.15) is 0 Å². The van der Waals surface area contributed by atoms with E-state index in [1.165, 1.54) is 5.56 Å². The van der Waals surface area contributed by atoms with Crippen LogP contribution in [0.1, 0.15) is 43.4 Å². The first-order chi connectivity index (χ1) is 18.1. The molecule has 1 aliphatic heterocycles. The molecule has 4 aromatic carbocycles. The number of hydrogen-bond acceptors (Lipinski definition) is 3. The standard InChI is InChI=1S/C32H31ClNO2P/c1-2-3-23-32(24-26-13-7-4-8-14-26)31(27-19-21-28(33)22-20-27)36-37(32,34-25-35,29-15-9-5-10-16-29)30-17-11-6-12-18-30/h4-22,31H,2-3,23-24H2,1H3. The van der Waals surface area contributed by atoms with Crippen LogP contribution in [-0.4, -0.2) is 11.2 Å². The Morgan fingerprint density at radius 3 is 1.89 bits per heavy atom. The van der Waals surface area contributed by atoms with Crippen LogP contribution < -0.4 is 10.6 Å². The van der Waals surface area contributed by atoms with Crippen LogP contribution in [0.5, 0.6) is 0 Å². The van der Waals surface area contributed by atoms with Gasteiger partial charge in [0.05, 0.1) is 0 Å². The predicted molar refractivity (Wildman–Crippen MR) is 155 cm³/mol. The van der Waals surface area contributed by atoms with Crippen LogP contribution in [0.2, 0.25) is 5.02 Å². The van der Waals surface area contributed by atoms with Gasteiger partial charge in [0.15, 0.2) is 0 Å². The molecular weight excluding hydrogens is 497 g/mol. The van der Waals surface area contributed by atoms with Crippen LogP contribution in [0, 0.1) is 0 Å². The molecule has 2 atom stereocenters. The fourth-order valence-corrected chi connectivity index (χ4v) is 12.4. The number of rotatable bonds is 9. The summed E-state index contributed by atoms with van der Waals surface area (Å²) in [5.41, 5.74) is 2.24. The Morgan fingerprint density at radius 1 is 0.838 bits per heavy atom. The van der Waals surface area contributed by atoms with E-state index < -0.39 is 12.1 Å². The molecule has 0 spiro atoms. The molecule has 0 radical (unpaired) electrons. The molecule has 4 aromatic rings. The number of nitrogens with zero attached hydrogens (tertiary/aromatic N) is 1. The zero-order valence-electron chi connectivity index (χ0n) is 21.0. The van der Waals surface area contributed by atoms with E-state index in [1.54, 1.807) is 0 Å². The first kappa shape index (κ1) is 25.6. The van der Waals surface area contributed by atoms with E-state index >= 15 is 0 Å². The minimum absolute atomic E-state index is 0.272. The van der Waals surface area contributed by atoms with E-state index in [2.05, 4.69) is 55.5 Å². The van der Waals surface area contributed by atoms with Gasteiger partial charge in [-0.3, -0.25) is 0 Å². The Hall–Kier alpha value is -3.06. The van der Waals surface area contributed by atoms with E-state index in [0.29, 0.717) is 11.4 Å². The molecule has 5 rings (SSSR count). The summed E-state index contributed by atoms with van der Waals surface area (Å²) in [6, 6.07) is 38.8. The molecule has 2 unspecified atom stereocenters. The van der Waals surface area contributed by atoms with Gasteiger partial charge < -0.3 is 0 Å². The van der Waals surface area contributed by atoms with E-state index in [-0.39, 0.29) is 6.10 Å². The van der Waals surface area contributed by atoms with Crippen molar-refractivity contribution in [3.63, 3.8) is 0 Å². The normalized spacial score (nSPS) is 22.5. The van der Waals surface area contributed by atoms with Crippen molar-refractivity contribution in [2.24, 2.45) is 4.76 Å².